The predicted octanol–water partition coefficient (Wildman–Crippen LogP) is 2.22. The molecule has 4 heteroatoms. The minimum atomic E-state index is -1.14. The van der Waals surface area contributed by atoms with Gasteiger partial charge in [0.1, 0.15) is 5.75 Å². The van der Waals surface area contributed by atoms with Gasteiger partial charge in [0, 0.05) is 11.6 Å². The fourth-order valence-electron chi connectivity index (χ4n) is 1.41. The molecule has 0 bridgehead atoms. The van der Waals surface area contributed by atoms with Crippen LogP contribution in [0.25, 0.3) is 0 Å². The Morgan fingerprint density at radius 1 is 1.35 bits per heavy atom. The summed E-state index contributed by atoms with van der Waals surface area (Å²) < 4.78 is 5.30. The second-order valence-electron chi connectivity index (χ2n) is 3.45. The van der Waals surface area contributed by atoms with Crippen LogP contribution in [0.5, 0.6) is 5.75 Å². The van der Waals surface area contributed by atoms with E-state index in [1.807, 2.05) is 6.92 Å². The van der Waals surface area contributed by atoms with Crippen molar-refractivity contribution >= 4 is 11.8 Å². The van der Waals surface area contributed by atoms with Crippen molar-refractivity contribution in [2.75, 3.05) is 6.61 Å². The summed E-state index contributed by atoms with van der Waals surface area (Å²) in [5.41, 5.74) is 1.24. The topological polar surface area (TPSA) is 63.6 Å². The van der Waals surface area contributed by atoms with Gasteiger partial charge < -0.3 is 9.84 Å². The average Bonchev–Trinajstić information content (AvgIpc) is 2.26. The van der Waals surface area contributed by atoms with Gasteiger partial charge in [-0.15, -0.1) is 0 Å². The van der Waals surface area contributed by atoms with Crippen molar-refractivity contribution in [2.45, 2.75) is 13.8 Å². The first-order valence-corrected chi connectivity index (χ1v) is 5.23. The van der Waals surface area contributed by atoms with E-state index in [1.165, 1.54) is 0 Å². The van der Waals surface area contributed by atoms with Crippen molar-refractivity contribution in [3.05, 3.63) is 41.5 Å². The number of ether oxygens (including phenoxy) is 1. The zero-order chi connectivity index (χ0) is 12.8. The summed E-state index contributed by atoms with van der Waals surface area (Å²) >= 11 is 0. The van der Waals surface area contributed by atoms with Crippen LogP contribution in [0, 0.1) is 6.92 Å². The van der Waals surface area contributed by atoms with E-state index in [4.69, 9.17) is 9.84 Å². The molecule has 0 amide bonds. The third-order valence-corrected chi connectivity index (χ3v) is 2.15. The van der Waals surface area contributed by atoms with Gasteiger partial charge in [0.25, 0.3) is 0 Å². The molecule has 0 aromatic heterocycles. The highest BCUT2D eigenvalue weighted by Gasteiger charge is 2.07. The first-order chi connectivity index (χ1) is 8.04. The quantitative estimate of drug-likeness (QED) is 0.626. The molecule has 0 saturated heterocycles. The molecule has 0 heterocycles. The summed E-state index contributed by atoms with van der Waals surface area (Å²) in [7, 11) is 0. The molecule has 0 aliphatic heterocycles. The smallest absolute Gasteiger partial charge is 0.328 e. The van der Waals surface area contributed by atoms with Crippen LogP contribution in [-0.2, 0) is 4.79 Å². The standard InChI is InChI=1S/C13H14O4/c1-3-17-10-4-5-11(9(2)8-10)12(14)6-7-13(15)16/h4-8H,3H2,1-2H3,(H,15,16)/b7-6+. The first-order valence-electron chi connectivity index (χ1n) is 5.23. The normalized spacial score (nSPS) is 10.5. The van der Waals surface area contributed by atoms with Crippen LogP contribution in [0.15, 0.2) is 30.4 Å². The van der Waals surface area contributed by atoms with Gasteiger partial charge in [0.2, 0.25) is 0 Å². The number of rotatable bonds is 5. The second kappa shape index (κ2) is 5.84. The van der Waals surface area contributed by atoms with Crippen molar-refractivity contribution in [3.8, 4) is 5.75 Å². The fourth-order valence-corrected chi connectivity index (χ4v) is 1.41. The van der Waals surface area contributed by atoms with Crippen molar-refractivity contribution in [2.24, 2.45) is 0 Å². The molecule has 0 fully saturated rings. The average molecular weight is 234 g/mol. The molecule has 90 valence electrons. The number of benzene rings is 1. The van der Waals surface area contributed by atoms with Crippen LogP contribution in [0.2, 0.25) is 0 Å². The van der Waals surface area contributed by atoms with Crippen molar-refractivity contribution in [1.29, 1.82) is 0 Å². The summed E-state index contributed by atoms with van der Waals surface area (Å²) in [6.07, 6.45) is 1.88. The molecule has 1 N–H and O–H groups in total. The van der Waals surface area contributed by atoms with E-state index >= 15 is 0 Å². The minimum absolute atomic E-state index is 0.326. The van der Waals surface area contributed by atoms with Crippen LogP contribution in [0.3, 0.4) is 0 Å². The molecule has 1 aromatic rings. The van der Waals surface area contributed by atoms with Gasteiger partial charge in [0.15, 0.2) is 5.78 Å². The van der Waals surface area contributed by atoms with E-state index in [-0.39, 0.29) is 5.78 Å². The SMILES string of the molecule is CCOc1ccc(C(=O)/C=C/C(=O)O)c(C)c1. The maximum atomic E-state index is 11.6. The third-order valence-electron chi connectivity index (χ3n) is 2.15. The van der Waals surface area contributed by atoms with Gasteiger partial charge in [-0.05, 0) is 43.7 Å². The van der Waals surface area contributed by atoms with Crippen LogP contribution in [0.1, 0.15) is 22.8 Å². The van der Waals surface area contributed by atoms with E-state index in [0.29, 0.717) is 17.9 Å². The van der Waals surface area contributed by atoms with E-state index in [9.17, 15) is 9.59 Å². The van der Waals surface area contributed by atoms with E-state index in [2.05, 4.69) is 0 Å². The molecule has 17 heavy (non-hydrogen) atoms. The molecule has 0 unspecified atom stereocenters. The molecule has 4 nitrogen and oxygen atoms in total. The van der Waals surface area contributed by atoms with E-state index < -0.39 is 5.97 Å². The summed E-state index contributed by atoms with van der Waals surface area (Å²) in [5.74, 6) is -0.765. The Bertz CT molecular complexity index is 460. The second-order valence-corrected chi connectivity index (χ2v) is 3.45. The number of hydrogen-bond donors (Lipinski definition) is 1. The highest BCUT2D eigenvalue weighted by atomic mass is 16.5. The van der Waals surface area contributed by atoms with Crippen molar-refractivity contribution in [1.82, 2.24) is 0 Å². The number of carbonyl (C=O) groups is 2. The Kier molecular flexibility index (Phi) is 4.46. The van der Waals surface area contributed by atoms with Gasteiger partial charge in [-0.3, -0.25) is 4.79 Å². The Balaban J connectivity index is 2.92. The molecule has 0 saturated carbocycles. The number of ketones is 1. The van der Waals surface area contributed by atoms with Gasteiger partial charge in [-0.1, -0.05) is 0 Å². The molecule has 1 aromatic carbocycles. The molecule has 1 rings (SSSR count). The number of allylic oxidation sites excluding steroid dienone is 1. The summed E-state index contributed by atoms with van der Waals surface area (Å²) in [5, 5.41) is 8.43. The highest BCUT2D eigenvalue weighted by molar-refractivity contribution is 6.07. The third kappa shape index (κ3) is 3.75. The van der Waals surface area contributed by atoms with Crippen LogP contribution in [0.4, 0.5) is 0 Å². The van der Waals surface area contributed by atoms with Gasteiger partial charge in [-0.25, -0.2) is 4.79 Å². The molecule has 0 spiro atoms. The molecule has 0 aliphatic rings. The lowest BCUT2D eigenvalue weighted by Gasteiger charge is -2.06. The maximum Gasteiger partial charge on any atom is 0.328 e. The van der Waals surface area contributed by atoms with E-state index in [1.54, 1.807) is 25.1 Å². The molecular weight excluding hydrogens is 220 g/mol. The Labute approximate surface area is 99.5 Å². The fraction of sp³-hybridized carbons (Fsp3) is 0.231. The number of hydrogen-bond acceptors (Lipinski definition) is 3. The first kappa shape index (κ1) is 13.0. The largest absolute Gasteiger partial charge is 0.494 e. The molecule has 0 aliphatic carbocycles. The lowest BCUT2D eigenvalue weighted by molar-refractivity contribution is -0.131. The number of carboxylic acid groups (broad SMARTS) is 1. The zero-order valence-corrected chi connectivity index (χ0v) is 9.77. The van der Waals surface area contributed by atoms with Crippen molar-refractivity contribution in [3.63, 3.8) is 0 Å². The molecular formula is C13H14O4. The number of carbonyl (C=O) groups excluding carboxylic acids is 1. The Morgan fingerprint density at radius 2 is 2.06 bits per heavy atom. The Hall–Kier alpha value is -2.10. The lowest BCUT2D eigenvalue weighted by atomic mass is 10.0. The summed E-state index contributed by atoms with van der Waals surface area (Å²) in [6.45, 7) is 4.22. The lowest BCUT2D eigenvalue weighted by Crippen LogP contribution is -2.00. The highest BCUT2D eigenvalue weighted by Crippen LogP contribution is 2.18. The minimum Gasteiger partial charge on any atom is -0.494 e. The zero-order valence-electron chi connectivity index (χ0n) is 9.77. The summed E-state index contributed by atoms with van der Waals surface area (Å²) in [6, 6.07) is 5.08. The van der Waals surface area contributed by atoms with Crippen LogP contribution >= 0.6 is 0 Å². The number of carboxylic acids is 1. The van der Waals surface area contributed by atoms with E-state index in [0.717, 1.165) is 17.7 Å². The Morgan fingerprint density at radius 3 is 2.59 bits per heavy atom. The van der Waals surface area contributed by atoms with Gasteiger partial charge in [-0.2, -0.15) is 0 Å². The monoisotopic (exact) mass is 234 g/mol. The number of aryl methyl sites for hydroxylation is 1. The molecule has 0 atom stereocenters. The summed E-state index contributed by atoms with van der Waals surface area (Å²) in [4.78, 5) is 21.9. The van der Waals surface area contributed by atoms with Gasteiger partial charge >= 0.3 is 5.97 Å². The molecule has 0 radical (unpaired) electrons. The van der Waals surface area contributed by atoms with Gasteiger partial charge in [0.05, 0.1) is 6.61 Å². The van der Waals surface area contributed by atoms with Crippen LogP contribution < -0.4 is 4.74 Å². The van der Waals surface area contributed by atoms with Crippen LogP contribution in [-0.4, -0.2) is 23.5 Å². The number of aliphatic carboxylic acids is 1. The maximum absolute atomic E-state index is 11.6. The van der Waals surface area contributed by atoms with Crippen molar-refractivity contribution < 1.29 is 19.4 Å². The predicted molar refractivity (Wildman–Crippen MR) is 63.5 cm³/mol.